The number of pyridine rings is 1. The summed E-state index contributed by atoms with van der Waals surface area (Å²) in [6.45, 7) is 7.07. The summed E-state index contributed by atoms with van der Waals surface area (Å²) in [4.78, 5) is 28.4. The molecule has 0 unspecified atom stereocenters. The first-order valence-electron chi connectivity index (χ1n) is 9.99. The van der Waals surface area contributed by atoms with Crippen molar-refractivity contribution in [1.82, 2.24) is 24.2 Å². The number of hydrogen-bond acceptors (Lipinski definition) is 6. The Labute approximate surface area is 176 Å². The normalized spacial score (nSPS) is 11.4. The molecule has 0 fully saturated rings. The Morgan fingerprint density at radius 2 is 1.97 bits per heavy atom. The van der Waals surface area contributed by atoms with Crippen molar-refractivity contribution < 1.29 is 4.79 Å². The van der Waals surface area contributed by atoms with Gasteiger partial charge in [-0.05, 0) is 39.6 Å². The molecule has 8 heteroatoms. The van der Waals surface area contributed by atoms with Gasteiger partial charge in [-0.1, -0.05) is 6.92 Å². The second-order valence-electron chi connectivity index (χ2n) is 7.35. The predicted octanol–water partition coefficient (Wildman–Crippen LogP) is 3.01. The number of anilines is 1. The number of fused-ring (bicyclic) bond motifs is 1. The minimum atomic E-state index is 0.0523. The Kier molecular flexibility index (Phi) is 6.87. The van der Waals surface area contributed by atoms with Crippen LogP contribution in [-0.4, -0.2) is 70.9 Å². The van der Waals surface area contributed by atoms with E-state index in [1.165, 1.54) is 0 Å². The molecule has 0 saturated heterocycles. The predicted molar refractivity (Wildman–Crippen MR) is 119 cm³/mol. The lowest BCUT2D eigenvalue weighted by Gasteiger charge is -2.23. The molecule has 3 heterocycles. The van der Waals surface area contributed by atoms with Gasteiger partial charge in [0.05, 0.1) is 17.8 Å². The van der Waals surface area contributed by atoms with Gasteiger partial charge in [-0.2, -0.15) is 0 Å². The van der Waals surface area contributed by atoms with Gasteiger partial charge in [-0.3, -0.25) is 9.20 Å². The average Bonchev–Trinajstić information content (AvgIpc) is 3.34. The number of likely N-dealkylation sites (N-methyl/N-ethyl adjacent to an activating group) is 2. The minimum absolute atomic E-state index is 0.0523. The van der Waals surface area contributed by atoms with Crippen molar-refractivity contribution in [3.8, 4) is 0 Å². The highest BCUT2D eigenvalue weighted by Crippen LogP contribution is 2.25. The van der Waals surface area contributed by atoms with E-state index in [1.807, 2.05) is 67.3 Å². The summed E-state index contributed by atoms with van der Waals surface area (Å²) >= 11 is 1.64. The fourth-order valence-corrected chi connectivity index (χ4v) is 4.03. The minimum Gasteiger partial charge on any atom is -0.352 e. The van der Waals surface area contributed by atoms with Crippen LogP contribution < -0.4 is 4.90 Å². The van der Waals surface area contributed by atoms with Crippen LogP contribution in [0.25, 0.3) is 5.65 Å². The van der Waals surface area contributed by atoms with Crippen molar-refractivity contribution in [3.05, 3.63) is 46.2 Å². The zero-order valence-corrected chi connectivity index (χ0v) is 18.7. The van der Waals surface area contributed by atoms with E-state index in [9.17, 15) is 4.79 Å². The van der Waals surface area contributed by atoms with E-state index in [4.69, 9.17) is 4.98 Å². The van der Waals surface area contributed by atoms with E-state index < -0.39 is 0 Å². The molecule has 0 N–H and O–H groups in total. The first-order chi connectivity index (χ1) is 13.9. The van der Waals surface area contributed by atoms with E-state index in [0.29, 0.717) is 25.2 Å². The SMILES string of the molecule is CCc1nc2ccc(C(=O)N(CC)CCN(C)C)cn2c1N(C)Cc1nccs1. The average molecular weight is 415 g/mol. The molecule has 3 aromatic heterocycles. The fraction of sp³-hybridized carbons (Fsp3) is 0.476. The quantitative estimate of drug-likeness (QED) is 0.539. The molecule has 156 valence electrons. The largest absolute Gasteiger partial charge is 0.352 e. The van der Waals surface area contributed by atoms with Crippen LogP contribution in [0.15, 0.2) is 29.9 Å². The van der Waals surface area contributed by atoms with Crippen LogP contribution >= 0.6 is 11.3 Å². The standard InChI is InChI=1S/C21H30N6OS/c1-6-17-20(25(5)15-19-22-10-13-29-19)27-14-16(8-9-18(27)23-17)21(28)26(7-2)12-11-24(3)4/h8-10,13-14H,6-7,11-12,15H2,1-5H3. The van der Waals surface area contributed by atoms with Gasteiger partial charge in [-0.25, -0.2) is 9.97 Å². The van der Waals surface area contributed by atoms with E-state index in [-0.39, 0.29) is 5.91 Å². The van der Waals surface area contributed by atoms with Crippen molar-refractivity contribution in [3.63, 3.8) is 0 Å². The smallest absolute Gasteiger partial charge is 0.255 e. The van der Waals surface area contributed by atoms with Gasteiger partial charge >= 0.3 is 0 Å². The number of imidazole rings is 1. The molecule has 0 radical (unpaired) electrons. The van der Waals surface area contributed by atoms with Crippen molar-refractivity contribution in [1.29, 1.82) is 0 Å². The highest BCUT2D eigenvalue weighted by molar-refractivity contribution is 7.09. The molecule has 0 aliphatic carbocycles. The molecule has 0 aliphatic rings. The van der Waals surface area contributed by atoms with Crippen LogP contribution in [0.3, 0.4) is 0 Å². The summed E-state index contributed by atoms with van der Waals surface area (Å²) < 4.78 is 2.04. The number of rotatable bonds is 9. The maximum atomic E-state index is 13.1. The molecule has 1 amide bonds. The molecular weight excluding hydrogens is 384 g/mol. The molecule has 3 aromatic rings. The molecular formula is C21H30N6OS. The zero-order valence-electron chi connectivity index (χ0n) is 17.9. The highest BCUT2D eigenvalue weighted by atomic mass is 32.1. The first-order valence-corrected chi connectivity index (χ1v) is 10.9. The van der Waals surface area contributed by atoms with Gasteiger partial charge in [-0.15, -0.1) is 11.3 Å². The molecule has 0 aromatic carbocycles. The summed E-state index contributed by atoms with van der Waals surface area (Å²) in [5, 5.41) is 3.04. The molecule has 0 aliphatic heterocycles. The number of carbonyl (C=O) groups excluding carboxylic acids is 1. The lowest BCUT2D eigenvalue weighted by atomic mass is 10.2. The molecule has 0 spiro atoms. The number of aryl methyl sites for hydroxylation is 1. The van der Waals surface area contributed by atoms with Crippen LogP contribution in [0.2, 0.25) is 0 Å². The molecule has 3 rings (SSSR count). The number of amides is 1. The van der Waals surface area contributed by atoms with Crippen LogP contribution in [0.5, 0.6) is 0 Å². The third-order valence-corrected chi connectivity index (χ3v) is 5.71. The number of aromatic nitrogens is 3. The summed E-state index contributed by atoms with van der Waals surface area (Å²) in [5.41, 5.74) is 2.56. The molecule has 7 nitrogen and oxygen atoms in total. The van der Waals surface area contributed by atoms with Crippen LogP contribution in [0.1, 0.15) is 34.9 Å². The Morgan fingerprint density at radius 3 is 2.59 bits per heavy atom. The second-order valence-corrected chi connectivity index (χ2v) is 8.33. The van der Waals surface area contributed by atoms with Gasteiger partial charge < -0.3 is 14.7 Å². The first kappa shape index (κ1) is 21.3. The Bertz CT molecular complexity index is 950. The van der Waals surface area contributed by atoms with Crippen molar-refractivity contribution >= 4 is 28.7 Å². The van der Waals surface area contributed by atoms with Crippen molar-refractivity contribution in [2.24, 2.45) is 0 Å². The van der Waals surface area contributed by atoms with Crippen molar-refractivity contribution in [2.75, 3.05) is 45.7 Å². The maximum Gasteiger partial charge on any atom is 0.255 e. The van der Waals surface area contributed by atoms with Crippen LogP contribution in [0, 0.1) is 0 Å². The van der Waals surface area contributed by atoms with Gasteiger partial charge in [0.2, 0.25) is 0 Å². The number of nitrogens with zero attached hydrogens (tertiary/aromatic N) is 6. The van der Waals surface area contributed by atoms with E-state index in [0.717, 1.165) is 35.1 Å². The summed E-state index contributed by atoms with van der Waals surface area (Å²) in [6.07, 6.45) is 4.58. The van der Waals surface area contributed by atoms with E-state index in [1.54, 1.807) is 11.3 Å². The maximum absolute atomic E-state index is 13.1. The van der Waals surface area contributed by atoms with Gasteiger partial charge in [0.15, 0.2) is 0 Å². The van der Waals surface area contributed by atoms with Crippen LogP contribution in [0.4, 0.5) is 5.82 Å². The Hall–Kier alpha value is -2.45. The lowest BCUT2D eigenvalue weighted by Crippen LogP contribution is -2.36. The molecule has 29 heavy (non-hydrogen) atoms. The fourth-order valence-electron chi connectivity index (χ4n) is 3.36. The number of carbonyl (C=O) groups is 1. The Morgan fingerprint density at radius 1 is 1.17 bits per heavy atom. The van der Waals surface area contributed by atoms with E-state index in [2.05, 4.69) is 21.7 Å². The van der Waals surface area contributed by atoms with Gasteiger partial charge in [0, 0.05) is 44.5 Å². The van der Waals surface area contributed by atoms with E-state index >= 15 is 0 Å². The summed E-state index contributed by atoms with van der Waals surface area (Å²) in [7, 11) is 6.09. The van der Waals surface area contributed by atoms with Gasteiger partial charge in [0.25, 0.3) is 5.91 Å². The molecule has 0 atom stereocenters. The molecule has 0 saturated carbocycles. The van der Waals surface area contributed by atoms with Crippen molar-refractivity contribution in [2.45, 2.75) is 26.8 Å². The topological polar surface area (TPSA) is 57.0 Å². The van der Waals surface area contributed by atoms with Crippen LogP contribution in [-0.2, 0) is 13.0 Å². The second kappa shape index (κ2) is 9.37. The zero-order chi connectivity index (χ0) is 21.0. The number of thiazole rings is 1. The lowest BCUT2D eigenvalue weighted by molar-refractivity contribution is 0.0753. The third-order valence-electron chi connectivity index (χ3n) is 4.95. The third kappa shape index (κ3) is 4.76. The summed E-state index contributed by atoms with van der Waals surface area (Å²) in [5.74, 6) is 1.07. The number of hydrogen-bond donors (Lipinski definition) is 0. The highest BCUT2D eigenvalue weighted by Gasteiger charge is 2.19. The molecule has 0 bridgehead atoms. The Balaban J connectivity index is 1.94. The summed E-state index contributed by atoms with van der Waals surface area (Å²) in [6, 6.07) is 3.82. The monoisotopic (exact) mass is 414 g/mol. The van der Waals surface area contributed by atoms with Gasteiger partial charge in [0.1, 0.15) is 16.5 Å².